The quantitative estimate of drug-likeness (QED) is 0.521. The number of esters is 1. The third-order valence-electron chi connectivity index (χ3n) is 4.86. The Labute approximate surface area is 186 Å². The molecule has 1 amide bonds. The molecule has 2 aromatic carbocycles. The predicted octanol–water partition coefficient (Wildman–Crippen LogP) is 2.77. The van der Waals surface area contributed by atoms with Crippen LogP contribution in [0.5, 0.6) is 0 Å². The van der Waals surface area contributed by atoms with Crippen LogP contribution in [0.3, 0.4) is 0 Å². The summed E-state index contributed by atoms with van der Waals surface area (Å²) >= 11 is 5.16. The molecule has 1 aliphatic heterocycles. The summed E-state index contributed by atoms with van der Waals surface area (Å²) in [7, 11) is -2.22. The van der Waals surface area contributed by atoms with Crippen LogP contribution in [-0.2, 0) is 14.8 Å². The van der Waals surface area contributed by atoms with Crippen LogP contribution in [0.15, 0.2) is 53.4 Å². The van der Waals surface area contributed by atoms with E-state index in [1.54, 1.807) is 12.1 Å². The highest BCUT2D eigenvalue weighted by molar-refractivity contribution is 7.89. The van der Waals surface area contributed by atoms with Crippen molar-refractivity contribution in [2.75, 3.05) is 25.5 Å². The predicted molar refractivity (Wildman–Crippen MR) is 121 cm³/mol. The monoisotopic (exact) mass is 461 g/mol. The van der Waals surface area contributed by atoms with Crippen molar-refractivity contribution in [1.82, 2.24) is 9.62 Å². The number of sulfonamides is 1. The van der Waals surface area contributed by atoms with Gasteiger partial charge in [-0.3, -0.25) is 10.1 Å². The summed E-state index contributed by atoms with van der Waals surface area (Å²) in [5.41, 5.74) is 1.20. The Morgan fingerprint density at radius 2 is 1.52 bits per heavy atom. The van der Waals surface area contributed by atoms with Crippen molar-refractivity contribution < 1.29 is 22.7 Å². The summed E-state index contributed by atoms with van der Waals surface area (Å²) in [4.78, 5) is 24.0. The number of nitrogens with zero attached hydrogens (tertiary/aromatic N) is 1. The Morgan fingerprint density at radius 3 is 2.10 bits per heavy atom. The number of rotatable bonds is 5. The highest BCUT2D eigenvalue weighted by Crippen LogP contribution is 2.22. The van der Waals surface area contributed by atoms with Gasteiger partial charge in [0.05, 0.1) is 17.6 Å². The Bertz CT molecular complexity index is 1060. The van der Waals surface area contributed by atoms with Crippen LogP contribution < -0.4 is 10.6 Å². The van der Waals surface area contributed by atoms with Crippen molar-refractivity contribution in [3.05, 3.63) is 59.7 Å². The number of ether oxygens (including phenoxy) is 1. The highest BCUT2D eigenvalue weighted by Gasteiger charge is 2.25. The van der Waals surface area contributed by atoms with Gasteiger partial charge in [-0.05, 0) is 73.6 Å². The largest absolute Gasteiger partial charge is 0.465 e. The lowest BCUT2D eigenvalue weighted by molar-refractivity contribution is 0.0600. The van der Waals surface area contributed by atoms with Crippen molar-refractivity contribution in [2.24, 2.45) is 0 Å². The molecule has 10 heteroatoms. The molecular formula is C21H23N3O5S2. The molecule has 1 saturated heterocycles. The van der Waals surface area contributed by atoms with Crippen LogP contribution in [0.25, 0.3) is 0 Å². The minimum atomic E-state index is -3.50. The van der Waals surface area contributed by atoms with E-state index in [2.05, 4.69) is 15.4 Å². The maximum absolute atomic E-state index is 12.7. The van der Waals surface area contributed by atoms with Gasteiger partial charge < -0.3 is 10.1 Å². The topological polar surface area (TPSA) is 105 Å². The molecule has 2 aromatic rings. The Balaban J connectivity index is 1.59. The van der Waals surface area contributed by atoms with Crippen LogP contribution >= 0.6 is 12.2 Å². The Hall–Kier alpha value is -2.82. The number of carbonyl (C=O) groups is 2. The molecule has 0 atom stereocenters. The number of thiocarbonyl (C=S) groups is 1. The summed E-state index contributed by atoms with van der Waals surface area (Å²) in [5.74, 6) is -0.937. The Morgan fingerprint density at radius 1 is 0.935 bits per heavy atom. The van der Waals surface area contributed by atoms with Crippen LogP contribution in [-0.4, -0.2) is 49.9 Å². The zero-order valence-electron chi connectivity index (χ0n) is 17.0. The van der Waals surface area contributed by atoms with Crippen molar-refractivity contribution in [1.29, 1.82) is 0 Å². The fraction of sp³-hybridized carbons (Fsp3) is 0.286. The number of anilines is 1. The molecule has 31 heavy (non-hydrogen) atoms. The van der Waals surface area contributed by atoms with E-state index >= 15 is 0 Å². The molecule has 0 bridgehead atoms. The van der Waals surface area contributed by atoms with E-state index in [0.29, 0.717) is 29.9 Å². The molecule has 0 radical (unpaired) electrons. The summed E-state index contributed by atoms with van der Waals surface area (Å²) in [6.45, 7) is 1.08. The summed E-state index contributed by atoms with van der Waals surface area (Å²) in [5, 5.41) is 5.46. The first-order chi connectivity index (χ1) is 14.8. The van der Waals surface area contributed by atoms with E-state index < -0.39 is 21.9 Å². The molecule has 8 nitrogen and oxygen atoms in total. The molecule has 1 fully saturated rings. The van der Waals surface area contributed by atoms with Crippen LogP contribution in [0, 0.1) is 0 Å². The summed E-state index contributed by atoms with van der Waals surface area (Å²) < 4.78 is 31.5. The van der Waals surface area contributed by atoms with Crippen LogP contribution in [0.1, 0.15) is 40.0 Å². The first-order valence-corrected chi connectivity index (χ1v) is 11.6. The molecule has 0 unspecified atom stereocenters. The molecule has 0 aromatic heterocycles. The van der Waals surface area contributed by atoms with Crippen LogP contribution in [0.2, 0.25) is 0 Å². The molecule has 2 N–H and O–H groups in total. The number of amides is 1. The lowest BCUT2D eigenvalue weighted by Crippen LogP contribution is -2.35. The number of hydrogen-bond acceptors (Lipinski definition) is 6. The summed E-state index contributed by atoms with van der Waals surface area (Å²) in [6, 6.07) is 12.2. The van der Waals surface area contributed by atoms with Gasteiger partial charge in [0.25, 0.3) is 5.91 Å². The third-order valence-corrected chi connectivity index (χ3v) is 6.98. The zero-order valence-corrected chi connectivity index (χ0v) is 18.6. The number of carbonyl (C=O) groups excluding carboxylic acids is 2. The van der Waals surface area contributed by atoms with Crippen molar-refractivity contribution in [3.8, 4) is 0 Å². The van der Waals surface area contributed by atoms with E-state index in [1.807, 2.05) is 0 Å². The molecule has 0 spiro atoms. The standard InChI is InChI=1S/C21H23N3O5S2/c1-29-20(26)16-7-5-15(6-8-16)19(25)23-21(30)22-17-9-11-18(12-10-17)31(27,28)24-13-3-2-4-14-24/h5-12H,2-4,13-14H2,1H3,(H2,22,23,25,30). The highest BCUT2D eigenvalue weighted by atomic mass is 32.2. The number of methoxy groups -OCH3 is 1. The lowest BCUT2D eigenvalue weighted by Gasteiger charge is -2.25. The van der Waals surface area contributed by atoms with E-state index in [4.69, 9.17) is 12.2 Å². The molecule has 0 aliphatic carbocycles. The fourth-order valence-electron chi connectivity index (χ4n) is 3.18. The number of hydrogen-bond donors (Lipinski definition) is 2. The minimum absolute atomic E-state index is 0.0636. The summed E-state index contributed by atoms with van der Waals surface area (Å²) in [6.07, 6.45) is 2.80. The SMILES string of the molecule is COC(=O)c1ccc(C(=O)NC(=S)Nc2ccc(S(=O)(=O)N3CCCCC3)cc2)cc1. The third kappa shape index (κ3) is 5.66. The Kier molecular flexibility index (Phi) is 7.37. The fourth-order valence-corrected chi connectivity index (χ4v) is 4.91. The van der Waals surface area contributed by atoms with Gasteiger partial charge in [-0.25, -0.2) is 13.2 Å². The average Bonchev–Trinajstić information content (AvgIpc) is 2.79. The van der Waals surface area contributed by atoms with E-state index in [1.165, 1.54) is 47.8 Å². The smallest absolute Gasteiger partial charge is 0.337 e. The normalized spacial score (nSPS) is 14.5. The first kappa shape index (κ1) is 22.9. The second-order valence-corrected chi connectivity index (χ2v) is 9.31. The van der Waals surface area contributed by atoms with Gasteiger partial charge in [0.15, 0.2) is 5.11 Å². The molecule has 164 valence electrons. The van der Waals surface area contributed by atoms with Crippen molar-refractivity contribution in [2.45, 2.75) is 24.2 Å². The lowest BCUT2D eigenvalue weighted by atomic mass is 10.1. The van der Waals surface area contributed by atoms with E-state index in [-0.39, 0.29) is 10.0 Å². The van der Waals surface area contributed by atoms with Gasteiger partial charge in [0.1, 0.15) is 0 Å². The van der Waals surface area contributed by atoms with Gasteiger partial charge in [0.2, 0.25) is 10.0 Å². The molecular weight excluding hydrogens is 438 g/mol. The van der Waals surface area contributed by atoms with Gasteiger partial charge >= 0.3 is 5.97 Å². The van der Waals surface area contributed by atoms with Crippen LogP contribution in [0.4, 0.5) is 5.69 Å². The number of piperidine rings is 1. The molecule has 0 saturated carbocycles. The molecule has 3 rings (SSSR count). The maximum Gasteiger partial charge on any atom is 0.337 e. The molecule has 1 aliphatic rings. The molecule has 1 heterocycles. The second-order valence-electron chi connectivity index (χ2n) is 6.97. The van der Waals surface area contributed by atoms with Gasteiger partial charge in [-0.15, -0.1) is 0 Å². The van der Waals surface area contributed by atoms with Crippen molar-refractivity contribution >= 4 is 44.9 Å². The van der Waals surface area contributed by atoms with Crippen molar-refractivity contribution in [3.63, 3.8) is 0 Å². The number of nitrogens with one attached hydrogen (secondary N) is 2. The second kappa shape index (κ2) is 9.99. The number of benzene rings is 2. The maximum atomic E-state index is 12.7. The van der Waals surface area contributed by atoms with E-state index in [9.17, 15) is 18.0 Å². The first-order valence-electron chi connectivity index (χ1n) is 9.72. The zero-order chi connectivity index (χ0) is 22.4. The van der Waals surface area contributed by atoms with Gasteiger partial charge in [-0.2, -0.15) is 4.31 Å². The minimum Gasteiger partial charge on any atom is -0.465 e. The van der Waals surface area contributed by atoms with Gasteiger partial charge in [-0.1, -0.05) is 6.42 Å². The average molecular weight is 462 g/mol. The van der Waals surface area contributed by atoms with Gasteiger partial charge in [0, 0.05) is 24.3 Å². The van der Waals surface area contributed by atoms with E-state index in [0.717, 1.165) is 19.3 Å².